The SMILES string of the molecule is CCCC(C)C(=O)c1c[nH]c2cccc(OC(C)C)c12. The van der Waals surface area contributed by atoms with Crippen LogP contribution in [0, 0.1) is 5.92 Å². The second-order valence-electron chi connectivity index (χ2n) is 5.60. The van der Waals surface area contributed by atoms with Crippen molar-refractivity contribution >= 4 is 16.7 Å². The van der Waals surface area contributed by atoms with E-state index in [0.717, 1.165) is 35.1 Å². The summed E-state index contributed by atoms with van der Waals surface area (Å²) in [6, 6.07) is 5.85. The lowest BCUT2D eigenvalue weighted by Gasteiger charge is -2.13. The Kier molecular flexibility index (Phi) is 4.48. The molecule has 1 aromatic heterocycles. The molecule has 2 aromatic rings. The number of ketones is 1. The third-order valence-corrected chi connectivity index (χ3v) is 3.46. The molecule has 0 amide bonds. The number of Topliss-reactive ketones (excluding diaryl/α,β-unsaturated/α-hetero) is 1. The lowest BCUT2D eigenvalue weighted by Crippen LogP contribution is -2.11. The molecule has 20 heavy (non-hydrogen) atoms. The second kappa shape index (κ2) is 6.12. The molecule has 3 heteroatoms. The summed E-state index contributed by atoms with van der Waals surface area (Å²) in [5.41, 5.74) is 1.70. The van der Waals surface area contributed by atoms with Crippen molar-refractivity contribution < 1.29 is 9.53 Å². The molecule has 0 aliphatic rings. The molecule has 0 aliphatic heterocycles. The lowest BCUT2D eigenvalue weighted by atomic mass is 9.95. The molecular weight excluding hydrogens is 250 g/mol. The van der Waals surface area contributed by atoms with Gasteiger partial charge in [-0.3, -0.25) is 4.79 Å². The smallest absolute Gasteiger partial charge is 0.167 e. The Hall–Kier alpha value is -1.77. The number of ether oxygens (including phenoxy) is 1. The molecule has 1 heterocycles. The van der Waals surface area contributed by atoms with Gasteiger partial charge in [0.2, 0.25) is 0 Å². The zero-order valence-electron chi connectivity index (χ0n) is 12.7. The first-order valence-corrected chi connectivity index (χ1v) is 7.35. The largest absolute Gasteiger partial charge is 0.490 e. The van der Waals surface area contributed by atoms with Gasteiger partial charge in [0, 0.05) is 23.2 Å². The first-order valence-electron chi connectivity index (χ1n) is 7.35. The number of aromatic nitrogens is 1. The van der Waals surface area contributed by atoms with E-state index in [-0.39, 0.29) is 17.8 Å². The van der Waals surface area contributed by atoms with Crippen LogP contribution in [-0.2, 0) is 0 Å². The van der Waals surface area contributed by atoms with Crippen molar-refractivity contribution in [2.24, 2.45) is 5.92 Å². The normalized spacial score (nSPS) is 12.8. The topological polar surface area (TPSA) is 42.1 Å². The predicted octanol–water partition coefficient (Wildman–Crippen LogP) is 4.57. The Morgan fingerprint density at radius 2 is 2.05 bits per heavy atom. The van der Waals surface area contributed by atoms with E-state index >= 15 is 0 Å². The molecule has 3 nitrogen and oxygen atoms in total. The van der Waals surface area contributed by atoms with Crippen LogP contribution >= 0.6 is 0 Å². The molecule has 1 atom stereocenters. The number of hydrogen-bond donors (Lipinski definition) is 1. The van der Waals surface area contributed by atoms with Crippen molar-refractivity contribution in [3.8, 4) is 5.75 Å². The fourth-order valence-corrected chi connectivity index (χ4v) is 2.53. The molecule has 1 N–H and O–H groups in total. The number of nitrogens with one attached hydrogen (secondary N) is 1. The minimum Gasteiger partial charge on any atom is -0.490 e. The van der Waals surface area contributed by atoms with E-state index in [1.54, 1.807) is 0 Å². The summed E-state index contributed by atoms with van der Waals surface area (Å²) in [5, 5.41) is 0.911. The summed E-state index contributed by atoms with van der Waals surface area (Å²) >= 11 is 0. The highest BCUT2D eigenvalue weighted by atomic mass is 16.5. The molecule has 0 fully saturated rings. The fourth-order valence-electron chi connectivity index (χ4n) is 2.53. The van der Waals surface area contributed by atoms with E-state index in [9.17, 15) is 4.79 Å². The highest BCUT2D eigenvalue weighted by molar-refractivity contribution is 6.10. The van der Waals surface area contributed by atoms with E-state index in [1.807, 2.05) is 45.2 Å². The third-order valence-electron chi connectivity index (χ3n) is 3.46. The zero-order chi connectivity index (χ0) is 14.7. The Labute approximate surface area is 120 Å². The summed E-state index contributed by atoms with van der Waals surface area (Å²) in [5.74, 6) is 1.02. The number of carbonyl (C=O) groups excluding carboxylic acids is 1. The highest BCUT2D eigenvalue weighted by Gasteiger charge is 2.20. The second-order valence-corrected chi connectivity index (χ2v) is 5.60. The maximum atomic E-state index is 12.6. The van der Waals surface area contributed by atoms with Crippen molar-refractivity contribution in [2.75, 3.05) is 0 Å². The summed E-state index contributed by atoms with van der Waals surface area (Å²) in [6.07, 6.45) is 3.84. The van der Waals surface area contributed by atoms with Crippen molar-refractivity contribution in [1.29, 1.82) is 0 Å². The van der Waals surface area contributed by atoms with Gasteiger partial charge < -0.3 is 9.72 Å². The molecular formula is C17H23NO2. The maximum Gasteiger partial charge on any atom is 0.167 e. The molecule has 0 saturated carbocycles. The highest BCUT2D eigenvalue weighted by Crippen LogP contribution is 2.31. The van der Waals surface area contributed by atoms with Crippen LogP contribution in [0.1, 0.15) is 50.9 Å². The minimum absolute atomic E-state index is 0.0473. The van der Waals surface area contributed by atoms with Crippen LogP contribution in [0.3, 0.4) is 0 Å². The summed E-state index contributed by atoms with van der Waals surface area (Å²) in [7, 11) is 0. The monoisotopic (exact) mass is 273 g/mol. The van der Waals surface area contributed by atoms with Gasteiger partial charge >= 0.3 is 0 Å². The molecule has 2 rings (SSSR count). The fraction of sp³-hybridized carbons (Fsp3) is 0.471. The van der Waals surface area contributed by atoms with E-state index in [1.165, 1.54) is 0 Å². The van der Waals surface area contributed by atoms with Gasteiger partial charge in [-0.05, 0) is 32.4 Å². The lowest BCUT2D eigenvalue weighted by molar-refractivity contribution is 0.0925. The van der Waals surface area contributed by atoms with Crippen molar-refractivity contribution in [1.82, 2.24) is 4.98 Å². The maximum absolute atomic E-state index is 12.6. The zero-order valence-corrected chi connectivity index (χ0v) is 12.7. The molecule has 1 aromatic carbocycles. The standard InChI is InChI=1S/C17H23NO2/c1-5-7-12(4)17(19)13-10-18-14-8-6-9-15(16(13)14)20-11(2)3/h6,8-12,18H,5,7H2,1-4H3. The van der Waals surface area contributed by atoms with Crippen LogP contribution in [0.4, 0.5) is 0 Å². The molecule has 1 unspecified atom stereocenters. The first-order chi connectivity index (χ1) is 9.54. The van der Waals surface area contributed by atoms with Gasteiger partial charge in [-0.25, -0.2) is 0 Å². The quantitative estimate of drug-likeness (QED) is 0.783. The summed E-state index contributed by atoms with van der Waals surface area (Å²) in [6.45, 7) is 8.09. The van der Waals surface area contributed by atoms with Crippen LogP contribution in [0.15, 0.2) is 24.4 Å². The van der Waals surface area contributed by atoms with E-state index in [0.29, 0.717) is 0 Å². The summed E-state index contributed by atoms with van der Waals surface area (Å²) in [4.78, 5) is 15.8. The molecule has 0 bridgehead atoms. The average molecular weight is 273 g/mol. The van der Waals surface area contributed by atoms with Gasteiger partial charge in [0.25, 0.3) is 0 Å². The first kappa shape index (κ1) is 14.6. The van der Waals surface area contributed by atoms with Gasteiger partial charge in [-0.15, -0.1) is 0 Å². The van der Waals surface area contributed by atoms with E-state index in [4.69, 9.17) is 4.74 Å². The van der Waals surface area contributed by atoms with Gasteiger partial charge in [0.15, 0.2) is 5.78 Å². The Balaban J connectivity index is 2.46. The van der Waals surface area contributed by atoms with E-state index < -0.39 is 0 Å². The number of carbonyl (C=O) groups is 1. The third kappa shape index (κ3) is 2.87. The summed E-state index contributed by atoms with van der Waals surface area (Å²) < 4.78 is 5.84. The number of H-pyrrole nitrogens is 1. The number of aromatic amines is 1. The minimum atomic E-state index is 0.0473. The number of fused-ring (bicyclic) bond motifs is 1. The van der Waals surface area contributed by atoms with Gasteiger partial charge in [-0.1, -0.05) is 26.3 Å². The van der Waals surface area contributed by atoms with Gasteiger partial charge in [0.1, 0.15) is 5.75 Å². The molecule has 0 saturated heterocycles. The molecule has 108 valence electrons. The number of hydrogen-bond acceptors (Lipinski definition) is 2. The number of rotatable bonds is 6. The Morgan fingerprint density at radius 1 is 1.30 bits per heavy atom. The van der Waals surface area contributed by atoms with Gasteiger partial charge in [-0.2, -0.15) is 0 Å². The van der Waals surface area contributed by atoms with Crippen LogP contribution in [0.25, 0.3) is 10.9 Å². The van der Waals surface area contributed by atoms with E-state index in [2.05, 4.69) is 11.9 Å². The Morgan fingerprint density at radius 3 is 2.70 bits per heavy atom. The molecule has 0 spiro atoms. The van der Waals surface area contributed by atoms with Gasteiger partial charge in [0.05, 0.1) is 11.5 Å². The van der Waals surface area contributed by atoms with Crippen LogP contribution in [0.2, 0.25) is 0 Å². The predicted molar refractivity (Wildman–Crippen MR) is 82.5 cm³/mol. The van der Waals surface area contributed by atoms with Crippen LogP contribution < -0.4 is 4.74 Å². The molecule has 0 radical (unpaired) electrons. The van der Waals surface area contributed by atoms with Crippen LogP contribution in [0.5, 0.6) is 5.75 Å². The average Bonchev–Trinajstić information content (AvgIpc) is 2.82. The van der Waals surface area contributed by atoms with Crippen molar-refractivity contribution in [3.63, 3.8) is 0 Å². The van der Waals surface area contributed by atoms with Crippen molar-refractivity contribution in [3.05, 3.63) is 30.0 Å². The Bertz CT molecular complexity index is 598. The van der Waals surface area contributed by atoms with Crippen LogP contribution in [-0.4, -0.2) is 16.9 Å². The number of benzene rings is 1. The molecule has 0 aliphatic carbocycles. The van der Waals surface area contributed by atoms with Crippen molar-refractivity contribution in [2.45, 2.75) is 46.6 Å².